The van der Waals surface area contributed by atoms with Gasteiger partial charge in [-0.05, 0) is 12.5 Å². The van der Waals surface area contributed by atoms with E-state index in [1.54, 1.807) is 6.20 Å². The second kappa shape index (κ2) is 8.92. The van der Waals surface area contributed by atoms with E-state index in [1.165, 1.54) is 38.5 Å². The molecule has 0 aromatic carbocycles. The topological polar surface area (TPSA) is 59.1 Å². The van der Waals surface area contributed by atoms with Crippen molar-refractivity contribution in [2.45, 2.75) is 64.4 Å². The van der Waals surface area contributed by atoms with E-state index >= 15 is 0 Å². The van der Waals surface area contributed by atoms with Crippen LogP contribution in [0.1, 0.15) is 70.0 Å². The van der Waals surface area contributed by atoms with E-state index in [4.69, 9.17) is 5.73 Å². The van der Waals surface area contributed by atoms with Crippen LogP contribution < -0.4 is 5.73 Å². The first kappa shape index (κ1) is 15.0. The van der Waals surface area contributed by atoms with Gasteiger partial charge in [-0.15, -0.1) is 0 Å². The Kier molecular flexibility index (Phi) is 7.42. The molecule has 1 rings (SSSR count). The molecule has 0 aliphatic carbocycles. The standard InChI is InChI=1S/C15H26N2O/c1-2-3-4-5-6-7-8-11-14(18)13-10-9-12-17-15(13)16/h9-10,12,14,18H,2-8,11H2,1H3,(H2,16,17). The van der Waals surface area contributed by atoms with Crippen LogP contribution in [-0.2, 0) is 0 Å². The van der Waals surface area contributed by atoms with Gasteiger partial charge in [0.25, 0.3) is 0 Å². The van der Waals surface area contributed by atoms with Gasteiger partial charge in [-0.3, -0.25) is 0 Å². The van der Waals surface area contributed by atoms with Gasteiger partial charge in [0.05, 0.1) is 6.10 Å². The molecule has 0 aliphatic rings. The number of nitrogens with zero attached hydrogens (tertiary/aromatic N) is 1. The molecule has 1 unspecified atom stereocenters. The minimum absolute atomic E-state index is 0.452. The normalized spacial score (nSPS) is 12.6. The number of nitrogens with two attached hydrogens (primary N) is 1. The summed E-state index contributed by atoms with van der Waals surface area (Å²) in [5.74, 6) is 0.452. The summed E-state index contributed by atoms with van der Waals surface area (Å²) in [4.78, 5) is 4.00. The first-order chi connectivity index (χ1) is 8.75. The molecule has 0 saturated carbocycles. The maximum absolute atomic E-state index is 10.0. The Morgan fingerprint density at radius 1 is 1.17 bits per heavy atom. The van der Waals surface area contributed by atoms with Crippen molar-refractivity contribution in [1.29, 1.82) is 0 Å². The third kappa shape index (κ3) is 5.50. The molecular weight excluding hydrogens is 224 g/mol. The molecule has 102 valence electrons. The van der Waals surface area contributed by atoms with Gasteiger partial charge in [-0.2, -0.15) is 0 Å². The number of pyridine rings is 1. The third-order valence-electron chi connectivity index (χ3n) is 3.31. The molecule has 3 N–H and O–H groups in total. The van der Waals surface area contributed by atoms with Crippen LogP contribution in [0.5, 0.6) is 0 Å². The molecule has 0 fully saturated rings. The van der Waals surface area contributed by atoms with E-state index in [9.17, 15) is 5.11 Å². The predicted molar refractivity (Wildman–Crippen MR) is 76.2 cm³/mol. The van der Waals surface area contributed by atoms with Crippen LogP contribution in [0.15, 0.2) is 18.3 Å². The van der Waals surface area contributed by atoms with Gasteiger partial charge in [0.2, 0.25) is 0 Å². The van der Waals surface area contributed by atoms with Crippen molar-refractivity contribution in [3.8, 4) is 0 Å². The van der Waals surface area contributed by atoms with Gasteiger partial charge in [0, 0.05) is 11.8 Å². The number of aliphatic hydroxyl groups is 1. The van der Waals surface area contributed by atoms with Crippen molar-refractivity contribution in [3.63, 3.8) is 0 Å². The highest BCUT2D eigenvalue weighted by molar-refractivity contribution is 5.39. The van der Waals surface area contributed by atoms with Crippen molar-refractivity contribution in [2.24, 2.45) is 0 Å². The van der Waals surface area contributed by atoms with E-state index in [1.807, 2.05) is 12.1 Å². The second-order valence-electron chi connectivity index (χ2n) is 4.90. The molecule has 3 nitrogen and oxygen atoms in total. The Morgan fingerprint density at radius 2 is 1.83 bits per heavy atom. The lowest BCUT2D eigenvalue weighted by Crippen LogP contribution is -2.03. The second-order valence-corrected chi connectivity index (χ2v) is 4.90. The van der Waals surface area contributed by atoms with Crippen molar-refractivity contribution in [3.05, 3.63) is 23.9 Å². The molecule has 0 spiro atoms. The van der Waals surface area contributed by atoms with Gasteiger partial charge in [0.1, 0.15) is 5.82 Å². The van der Waals surface area contributed by atoms with E-state index in [2.05, 4.69) is 11.9 Å². The molecular formula is C15H26N2O. The SMILES string of the molecule is CCCCCCCCCC(O)c1cccnc1N. The lowest BCUT2D eigenvalue weighted by Gasteiger charge is -2.12. The number of hydrogen-bond acceptors (Lipinski definition) is 3. The van der Waals surface area contributed by atoms with Gasteiger partial charge in [0.15, 0.2) is 0 Å². The number of anilines is 1. The molecule has 1 heterocycles. The van der Waals surface area contributed by atoms with Gasteiger partial charge >= 0.3 is 0 Å². The fourth-order valence-electron chi connectivity index (χ4n) is 2.16. The smallest absolute Gasteiger partial charge is 0.129 e. The number of aromatic nitrogens is 1. The van der Waals surface area contributed by atoms with Crippen molar-refractivity contribution in [2.75, 3.05) is 5.73 Å². The van der Waals surface area contributed by atoms with Gasteiger partial charge < -0.3 is 10.8 Å². The number of hydrogen-bond donors (Lipinski definition) is 2. The number of rotatable bonds is 9. The summed E-state index contributed by atoms with van der Waals surface area (Å²) < 4.78 is 0. The Morgan fingerprint density at radius 3 is 2.50 bits per heavy atom. The predicted octanol–water partition coefficient (Wildman–Crippen LogP) is 3.84. The average molecular weight is 250 g/mol. The van der Waals surface area contributed by atoms with E-state index < -0.39 is 6.10 Å². The zero-order valence-corrected chi connectivity index (χ0v) is 11.4. The molecule has 1 aromatic rings. The van der Waals surface area contributed by atoms with Gasteiger partial charge in [-0.1, -0.05) is 57.9 Å². The molecule has 0 bridgehead atoms. The molecule has 18 heavy (non-hydrogen) atoms. The Labute approximate surface area is 110 Å². The molecule has 0 radical (unpaired) electrons. The van der Waals surface area contributed by atoms with E-state index in [0.29, 0.717) is 5.82 Å². The highest BCUT2D eigenvalue weighted by atomic mass is 16.3. The summed E-state index contributed by atoms with van der Waals surface area (Å²) in [6, 6.07) is 3.67. The molecule has 1 aromatic heterocycles. The fraction of sp³-hybridized carbons (Fsp3) is 0.667. The zero-order chi connectivity index (χ0) is 13.2. The molecule has 0 amide bonds. The van der Waals surface area contributed by atoms with Crippen LogP contribution in [0, 0.1) is 0 Å². The lowest BCUT2D eigenvalue weighted by molar-refractivity contribution is 0.163. The summed E-state index contributed by atoms with van der Waals surface area (Å²) in [5, 5.41) is 10.0. The number of nitrogen functional groups attached to an aromatic ring is 1. The summed E-state index contributed by atoms with van der Waals surface area (Å²) in [6.07, 6.45) is 10.8. The van der Waals surface area contributed by atoms with Gasteiger partial charge in [-0.25, -0.2) is 4.98 Å². The maximum atomic E-state index is 10.0. The molecule has 3 heteroatoms. The first-order valence-corrected chi connectivity index (χ1v) is 7.14. The Bertz CT molecular complexity index is 328. The maximum Gasteiger partial charge on any atom is 0.129 e. The van der Waals surface area contributed by atoms with Crippen molar-refractivity contribution in [1.82, 2.24) is 4.98 Å². The van der Waals surface area contributed by atoms with Crippen LogP contribution in [-0.4, -0.2) is 10.1 Å². The van der Waals surface area contributed by atoms with Crippen LogP contribution in [0.2, 0.25) is 0 Å². The first-order valence-electron chi connectivity index (χ1n) is 7.14. The number of unbranched alkanes of at least 4 members (excludes halogenated alkanes) is 6. The molecule has 0 saturated heterocycles. The highest BCUT2D eigenvalue weighted by Crippen LogP contribution is 2.23. The van der Waals surface area contributed by atoms with Crippen LogP contribution in [0.3, 0.4) is 0 Å². The van der Waals surface area contributed by atoms with Crippen molar-refractivity contribution >= 4 is 5.82 Å². The van der Waals surface area contributed by atoms with Crippen molar-refractivity contribution < 1.29 is 5.11 Å². The minimum Gasteiger partial charge on any atom is -0.388 e. The van der Waals surface area contributed by atoms with E-state index in [0.717, 1.165) is 18.4 Å². The quantitative estimate of drug-likeness (QED) is 0.655. The summed E-state index contributed by atoms with van der Waals surface area (Å²) in [5.41, 5.74) is 6.50. The fourth-order valence-corrected chi connectivity index (χ4v) is 2.16. The number of aliphatic hydroxyl groups excluding tert-OH is 1. The van der Waals surface area contributed by atoms with Crippen LogP contribution in [0.4, 0.5) is 5.82 Å². The summed E-state index contributed by atoms with van der Waals surface area (Å²) in [7, 11) is 0. The monoisotopic (exact) mass is 250 g/mol. The minimum atomic E-state index is -0.464. The zero-order valence-electron chi connectivity index (χ0n) is 11.4. The average Bonchev–Trinajstić information content (AvgIpc) is 2.38. The summed E-state index contributed by atoms with van der Waals surface area (Å²) >= 11 is 0. The molecule has 1 atom stereocenters. The third-order valence-corrected chi connectivity index (χ3v) is 3.31. The Balaban J connectivity index is 2.14. The Hall–Kier alpha value is -1.09. The van der Waals surface area contributed by atoms with E-state index in [-0.39, 0.29) is 0 Å². The lowest BCUT2D eigenvalue weighted by atomic mass is 10.0. The van der Waals surface area contributed by atoms with Crippen LogP contribution in [0.25, 0.3) is 0 Å². The molecule has 0 aliphatic heterocycles. The van der Waals surface area contributed by atoms with Crippen LogP contribution >= 0.6 is 0 Å². The highest BCUT2D eigenvalue weighted by Gasteiger charge is 2.10. The summed E-state index contributed by atoms with van der Waals surface area (Å²) in [6.45, 7) is 2.23. The largest absolute Gasteiger partial charge is 0.388 e.